The van der Waals surface area contributed by atoms with E-state index < -0.39 is 0 Å². The number of hydrazine groups is 1. The van der Waals surface area contributed by atoms with E-state index in [-0.39, 0.29) is 12.2 Å². The van der Waals surface area contributed by atoms with Gasteiger partial charge in [-0.1, -0.05) is 25.7 Å². The Hall–Kier alpha value is -0.160. The van der Waals surface area contributed by atoms with E-state index in [1.165, 1.54) is 25.7 Å². The van der Waals surface area contributed by atoms with Crippen LogP contribution < -0.4 is 10.9 Å². The first-order valence-electron chi connectivity index (χ1n) is 7.59. The van der Waals surface area contributed by atoms with Gasteiger partial charge >= 0.3 is 0 Å². The van der Waals surface area contributed by atoms with Crippen molar-refractivity contribution in [2.45, 2.75) is 63.6 Å². The third kappa shape index (κ3) is 4.19. The predicted molar refractivity (Wildman–Crippen MR) is 71.9 cm³/mol. The fourth-order valence-corrected chi connectivity index (χ4v) is 3.26. The molecule has 2 aliphatic rings. The molecule has 4 nitrogen and oxygen atoms in total. The van der Waals surface area contributed by atoms with Gasteiger partial charge in [0.2, 0.25) is 0 Å². The molecule has 4 atom stereocenters. The highest BCUT2D eigenvalue weighted by molar-refractivity contribution is 4.77. The molecule has 4 N–H and O–H groups in total. The number of rotatable bonds is 5. The SMILES string of the molecule is O[C@@H]1CCCCC1CNNCC1CCCC[C@@H]1O. The molecular weight excluding hydrogens is 228 g/mol. The van der Waals surface area contributed by atoms with E-state index in [4.69, 9.17) is 0 Å². The van der Waals surface area contributed by atoms with Crippen LogP contribution >= 0.6 is 0 Å². The maximum absolute atomic E-state index is 9.85. The maximum Gasteiger partial charge on any atom is 0.0581 e. The van der Waals surface area contributed by atoms with E-state index in [0.717, 1.165) is 38.8 Å². The predicted octanol–water partition coefficient (Wildman–Crippen LogP) is 1.18. The van der Waals surface area contributed by atoms with Crippen molar-refractivity contribution in [3.8, 4) is 0 Å². The van der Waals surface area contributed by atoms with Crippen molar-refractivity contribution in [3.05, 3.63) is 0 Å². The third-order valence-corrected chi connectivity index (χ3v) is 4.59. The summed E-state index contributed by atoms with van der Waals surface area (Å²) in [7, 11) is 0. The summed E-state index contributed by atoms with van der Waals surface area (Å²) in [6.45, 7) is 1.67. The average molecular weight is 256 g/mol. The first-order valence-corrected chi connectivity index (χ1v) is 7.59. The molecule has 0 amide bonds. The Balaban J connectivity index is 1.57. The molecule has 0 spiro atoms. The zero-order chi connectivity index (χ0) is 12.8. The molecule has 0 bridgehead atoms. The minimum atomic E-state index is -0.131. The molecule has 0 aromatic carbocycles. The van der Waals surface area contributed by atoms with Gasteiger partial charge in [-0.05, 0) is 37.5 Å². The highest BCUT2D eigenvalue weighted by Crippen LogP contribution is 2.24. The molecule has 106 valence electrons. The van der Waals surface area contributed by atoms with Crippen LogP contribution in [-0.2, 0) is 0 Å². The van der Waals surface area contributed by atoms with E-state index >= 15 is 0 Å². The van der Waals surface area contributed by atoms with Gasteiger partial charge in [0.25, 0.3) is 0 Å². The summed E-state index contributed by atoms with van der Waals surface area (Å²) in [4.78, 5) is 0. The zero-order valence-electron chi connectivity index (χ0n) is 11.3. The van der Waals surface area contributed by atoms with Gasteiger partial charge in [-0.3, -0.25) is 10.9 Å². The van der Waals surface area contributed by atoms with Crippen molar-refractivity contribution < 1.29 is 10.2 Å². The molecule has 2 rings (SSSR count). The quantitative estimate of drug-likeness (QED) is 0.441. The minimum absolute atomic E-state index is 0.131. The molecule has 0 radical (unpaired) electrons. The Morgan fingerprint density at radius 3 is 1.44 bits per heavy atom. The third-order valence-electron chi connectivity index (χ3n) is 4.59. The molecule has 2 unspecified atom stereocenters. The van der Waals surface area contributed by atoms with Crippen molar-refractivity contribution in [2.75, 3.05) is 13.1 Å². The summed E-state index contributed by atoms with van der Waals surface area (Å²) in [5.41, 5.74) is 6.46. The summed E-state index contributed by atoms with van der Waals surface area (Å²) in [5.74, 6) is 0.782. The van der Waals surface area contributed by atoms with E-state index in [0.29, 0.717) is 11.8 Å². The molecule has 0 heterocycles. The molecule has 0 aliphatic heterocycles. The number of aliphatic hydroxyl groups excluding tert-OH is 2. The number of hydrogen-bond acceptors (Lipinski definition) is 4. The summed E-state index contributed by atoms with van der Waals surface area (Å²) in [6.07, 6.45) is 8.71. The Kier molecular flexibility index (Phi) is 5.89. The monoisotopic (exact) mass is 256 g/mol. The fraction of sp³-hybridized carbons (Fsp3) is 1.00. The second-order valence-electron chi connectivity index (χ2n) is 5.99. The average Bonchev–Trinajstić information content (AvgIpc) is 2.38. The van der Waals surface area contributed by atoms with E-state index in [1.54, 1.807) is 0 Å². The van der Waals surface area contributed by atoms with Gasteiger partial charge in [0, 0.05) is 13.1 Å². The Bertz CT molecular complexity index is 214. The highest BCUT2D eigenvalue weighted by atomic mass is 16.3. The fourth-order valence-electron chi connectivity index (χ4n) is 3.26. The smallest absolute Gasteiger partial charge is 0.0581 e. The molecule has 4 heteroatoms. The zero-order valence-corrected chi connectivity index (χ0v) is 11.3. The van der Waals surface area contributed by atoms with Crippen LogP contribution in [0, 0.1) is 11.8 Å². The van der Waals surface area contributed by atoms with Crippen LogP contribution in [0.15, 0.2) is 0 Å². The standard InChI is InChI=1S/C14H28N2O2/c17-13-7-3-1-5-11(13)9-15-16-10-12-6-2-4-8-14(12)18/h11-18H,1-10H2/t11?,12?,13-,14+. The normalized spacial score (nSPS) is 37.7. The maximum atomic E-state index is 9.85. The van der Waals surface area contributed by atoms with Crippen LogP contribution in [0.4, 0.5) is 0 Å². The van der Waals surface area contributed by atoms with Gasteiger partial charge in [0.05, 0.1) is 12.2 Å². The summed E-state index contributed by atoms with van der Waals surface area (Å²) in [6, 6.07) is 0. The van der Waals surface area contributed by atoms with Gasteiger partial charge in [-0.25, -0.2) is 0 Å². The van der Waals surface area contributed by atoms with Crippen molar-refractivity contribution in [2.24, 2.45) is 11.8 Å². The van der Waals surface area contributed by atoms with Gasteiger partial charge in [0.15, 0.2) is 0 Å². The van der Waals surface area contributed by atoms with Crippen LogP contribution in [0.1, 0.15) is 51.4 Å². The van der Waals surface area contributed by atoms with Crippen molar-refractivity contribution in [1.29, 1.82) is 0 Å². The van der Waals surface area contributed by atoms with Crippen molar-refractivity contribution in [3.63, 3.8) is 0 Å². The highest BCUT2D eigenvalue weighted by Gasteiger charge is 2.24. The van der Waals surface area contributed by atoms with E-state index in [2.05, 4.69) is 10.9 Å². The largest absolute Gasteiger partial charge is 0.393 e. The van der Waals surface area contributed by atoms with Crippen molar-refractivity contribution in [1.82, 2.24) is 10.9 Å². The topological polar surface area (TPSA) is 64.5 Å². The number of nitrogens with one attached hydrogen (secondary N) is 2. The van der Waals surface area contributed by atoms with E-state index in [9.17, 15) is 10.2 Å². The molecule has 2 fully saturated rings. The molecule has 2 aliphatic carbocycles. The second-order valence-corrected chi connectivity index (χ2v) is 5.99. The lowest BCUT2D eigenvalue weighted by molar-refractivity contribution is 0.0583. The Morgan fingerprint density at radius 1 is 0.667 bits per heavy atom. The van der Waals surface area contributed by atoms with Crippen molar-refractivity contribution >= 4 is 0 Å². The summed E-state index contributed by atoms with van der Waals surface area (Å²) in [5, 5.41) is 19.7. The lowest BCUT2D eigenvalue weighted by Crippen LogP contribution is -2.44. The van der Waals surface area contributed by atoms with Crippen LogP contribution in [-0.4, -0.2) is 35.5 Å². The molecular formula is C14H28N2O2. The van der Waals surface area contributed by atoms with Crippen LogP contribution in [0.3, 0.4) is 0 Å². The van der Waals surface area contributed by atoms with E-state index in [1.807, 2.05) is 0 Å². The van der Waals surface area contributed by atoms with Crippen LogP contribution in [0.25, 0.3) is 0 Å². The molecule has 0 aromatic heterocycles. The molecule has 0 saturated heterocycles. The van der Waals surface area contributed by atoms with Gasteiger partial charge < -0.3 is 10.2 Å². The van der Waals surface area contributed by atoms with Gasteiger partial charge in [0.1, 0.15) is 0 Å². The summed E-state index contributed by atoms with van der Waals surface area (Å²) < 4.78 is 0. The Morgan fingerprint density at radius 2 is 1.06 bits per heavy atom. The number of aliphatic hydroxyl groups is 2. The minimum Gasteiger partial charge on any atom is -0.393 e. The summed E-state index contributed by atoms with van der Waals surface area (Å²) >= 11 is 0. The molecule has 0 aromatic rings. The molecule has 18 heavy (non-hydrogen) atoms. The first kappa shape index (κ1) is 14.3. The van der Waals surface area contributed by atoms with Crippen LogP contribution in [0.2, 0.25) is 0 Å². The molecule has 2 saturated carbocycles. The lowest BCUT2D eigenvalue weighted by atomic mass is 9.86. The first-order chi connectivity index (χ1) is 8.77. The lowest BCUT2D eigenvalue weighted by Gasteiger charge is -2.30. The number of hydrogen-bond donors (Lipinski definition) is 4. The van der Waals surface area contributed by atoms with Crippen LogP contribution in [0.5, 0.6) is 0 Å². The van der Waals surface area contributed by atoms with Gasteiger partial charge in [-0.2, -0.15) is 0 Å². The second kappa shape index (κ2) is 7.43. The Labute approximate surface area is 110 Å². The van der Waals surface area contributed by atoms with Gasteiger partial charge in [-0.15, -0.1) is 0 Å².